The first-order valence-electron chi connectivity index (χ1n) is 7.37. The lowest BCUT2D eigenvalue weighted by Crippen LogP contribution is -2.26. The summed E-state index contributed by atoms with van der Waals surface area (Å²) in [4.78, 5) is 0. The van der Waals surface area contributed by atoms with E-state index in [2.05, 4.69) is 57.0 Å². The Kier molecular flexibility index (Phi) is 6.27. The van der Waals surface area contributed by atoms with E-state index in [9.17, 15) is 0 Å². The Labute approximate surface area is 139 Å². The van der Waals surface area contributed by atoms with E-state index in [4.69, 9.17) is 11.6 Å². The molecule has 0 spiro atoms. The van der Waals surface area contributed by atoms with Gasteiger partial charge in [0, 0.05) is 22.2 Å². The summed E-state index contributed by atoms with van der Waals surface area (Å²) >= 11 is 9.96. The number of nitrogens with one attached hydrogen (secondary N) is 1. The topological polar surface area (TPSA) is 29.9 Å². The third-order valence-electron chi connectivity index (χ3n) is 3.35. The molecule has 0 fully saturated rings. The van der Waals surface area contributed by atoms with Crippen molar-refractivity contribution in [2.75, 3.05) is 6.54 Å². The second-order valence-electron chi connectivity index (χ2n) is 5.03. The largest absolute Gasteiger partial charge is 0.305 e. The van der Waals surface area contributed by atoms with Crippen LogP contribution < -0.4 is 5.32 Å². The van der Waals surface area contributed by atoms with Gasteiger partial charge in [0.2, 0.25) is 0 Å². The molecule has 0 aliphatic heterocycles. The zero-order valence-electron chi connectivity index (χ0n) is 12.4. The Hall–Kier alpha value is -0.840. The first-order valence-corrected chi connectivity index (χ1v) is 8.54. The molecule has 2 aromatic rings. The van der Waals surface area contributed by atoms with Gasteiger partial charge in [-0.15, -0.1) is 0 Å². The molecule has 0 aliphatic carbocycles. The molecule has 1 aromatic heterocycles. The van der Waals surface area contributed by atoms with E-state index < -0.39 is 0 Å². The SMILES string of the molecule is CCCNC(c1cc(Br)ccc1Cl)c1ccnn1CCC. The Morgan fingerprint density at radius 1 is 1.29 bits per heavy atom. The molecule has 21 heavy (non-hydrogen) atoms. The number of benzene rings is 1. The highest BCUT2D eigenvalue weighted by atomic mass is 79.9. The van der Waals surface area contributed by atoms with Crippen molar-refractivity contribution in [3.05, 3.63) is 51.2 Å². The zero-order chi connectivity index (χ0) is 15.2. The highest BCUT2D eigenvalue weighted by Crippen LogP contribution is 2.31. The van der Waals surface area contributed by atoms with Crippen LogP contribution >= 0.6 is 27.5 Å². The standard InChI is InChI=1S/C16H21BrClN3/c1-3-8-19-16(13-11-12(17)5-6-14(13)18)15-7-9-20-21(15)10-4-2/h5-7,9,11,16,19H,3-4,8,10H2,1-2H3. The highest BCUT2D eigenvalue weighted by molar-refractivity contribution is 9.10. The number of aromatic nitrogens is 2. The van der Waals surface area contributed by atoms with Crippen molar-refractivity contribution in [3.63, 3.8) is 0 Å². The molecule has 0 bridgehead atoms. The van der Waals surface area contributed by atoms with Crippen LogP contribution in [0.25, 0.3) is 0 Å². The summed E-state index contributed by atoms with van der Waals surface area (Å²) in [6.07, 6.45) is 3.99. The van der Waals surface area contributed by atoms with Gasteiger partial charge in [0.25, 0.3) is 0 Å². The number of nitrogens with zero attached hydrogens (tertiary/aromatic N) is 2. The summed E-state index contributed by atoms with van der Waals surface area (Å²) in [5.41, 5.74) is 2.24. The van der Waals surface area contributed by atoms with Gasteiger partial charge >= 0.3 is 0 Å². The summed E-state index contributed by atoms with van der Waals surface area (Å²) in [6, 6.07) is 8.11. The van der Waals surface area contributed by atoms with Crippen LogP contribution in [0.5, 0.6) is 0 Å². The third kappa shape index (κ3) is 4.09. The van der Waals surface area contributed by atoms with Crippen molar-refractivity contribution in [1.29, 1.82) is 0 Å². The van der Waals surface area contributed by atoms with Crippen molar-refractivity contribution in [2.45, 2.75) is 39.3 Å². The average molecular weight is 371 g/mol. The van der Waals surface area contributed by atoms with Crippen LogP contribution in [0.15, 0.2) is 34.9 Å². The highest BCUT2D eigenvalue weighted by Gasteiger charge is 2.20. The van der Waals surface area contributed by atoms with Gasteiger partial charge < -0.3 is 5.32 Å². The average Bonchev–Trinajstić information content (AvgIpc) is 2.92. The van der Waals surface area contributed by atoms with Crippen LogP contribution in [-0.2, 0) is 6.54 Å². The van der Waals surface area contributed by atoms with Crippen molar-refractivity contribution in [1.82, 2.24) is 15.1 Å². The predicted octanol–water partition coefficient (Wildman–Crippen LogP) is 4.80. The normalized spacial score (nSPS) is 12.6. The smallest absolute Gasteiger partial charge is 0.0763 e. The van der Waals surface area contributed by atoms with Crippen LogP contribution in [0.1, 0.15) is 44.0 Å². The Balaban J connectivity index is 2.42. The summed E-state index contributed by atoms with van der Waals surface area (Å²) < 4.78 is 3.09. The lowest BCUT2D eigenvalue weighted by atomic mass is 10.0. The summed E-state index contributed by atoms with van der Waals surface area (Å²) in [5, 5.41) is 8.80. The molecule has 0 radical (unpaired) electrons. The van der Waals surface area contributed by atoms with Crippen LogP contribution in [0.4, 0.5) is 0 Å². The minimum absolute atomic E-state index is 0.0593. The number of halogens is 2. The lowest BCUT2D eigenvalue weighted by molar-refractivity contribution is 0.511. The fraction of sp³-hybridized carbons (Fsp3) is 0.438. The van der Waals surface area contributed by atoms with Crippen molar-refractivity contribution < 1.29 is 0 Å². The number of hydrogen-bond donors (Lipinski definition) is 1. The second-order valence-corrected chi connectivity index (χ2v) is 6.36. The van der Waals surface area contributed by atoms with Crippen molar-refractivity contribution in [3.8, 4) is 0 Å². The monoisotopic (exact) mass is 369 g/mol. The molecule has 0 amide bonds. The molecule has 1 aromatic carbocycles. The summed E-state index contributed by atoms with van der Waals surface area (Å²) in [6.45, 7) is 6.17. The molecule has 114 valence electrons. The van der Waals surface area contributed by atoms with Crippen molar-refractivity contribution >= 4 is 27.5 Å². The molecule has 5 heteroatoms. The first kappa shape index (κ1) is 16.5. The molecule has 2 rings (SSSR count). The second kappa shape index (κ2) is 7.97. The molecule has 1 N–H and O–H groups in total. The molecular weight excluding hydrogens is 350 g/mol. The van der Waals surface area contributed by atoms with E-state index in [0.717, 1.165) is 46.7 Å². The Bertz CT molecular complexity index is 583. The van der Waals surface area contributed by atoms with Gasteiger partial charge in [0.15, 0.2) is 0 Å². The Morgan fingerprint density at radius 3 is 2.81 bits per heavy atom. The number of hydrogen-bond acceptors (Lipinski definition) is 2. The van der Waals surface area contributed by atoms with Crippen LogP contribution in [0, 0.1) is 0 Å². The molecule has 1 atom stereocenters. The third-order valence-corrected chi connectivity index (χ3v) is 4.19. The number of aryl methyl sites for hydroxylation is 1. The Morgan fingerprint density at radius 2 is 2.10 bits per heavy atom. The lowest BCUT2D eigenvalue weighted by Gasteiger charge is -2.22. The minimum atomic E-state index is 0.0593. The molecule has 3 nitrogen and oxygen atoms in total. The molecular formula is C16H21BrClN3. The predicted molar refractivity (Wildman–Crippen MR) is 91.8 cm³/mol. The molecule has 0 saturated carbocycles. The molecule has 0 aliphatic rings. The maximum Gasteiger partial charge on any atom is 0.0763 e. The van der Waals surface area contributed by atoms with Gasteiger partial charge in [-0.05, 0) is 49.2 Å². The molecule has 0 saturated heterocycles. The van der Waals surface area contributed by atoms with E-state index in [1.54, 1.807) is 0 Å². The van der Waals surface area contributed by atoms with E-state index in [-0.39, 0.29) is 6.04 Å². The quantitative estimate of drug-likeness (QED) is 0.759. The molecule has 1 heterocycles. The van der Waals surface area contributed by atoms with Crippen LogP contribution in [-0.4, -0.2) is 16.3 Å². The van der Waals surface area contributed by atoms with Gasteiger partial charge in [0.1, 0.15) is 0 Å². The van der Waals surface area contributed by atoms with Crippen LogP contribution in [0.2, 0.25) is 5.02 Å². The fourth-order valence-corrected chi connectivity index (χ4v) is 2.99. The summed E-state index contributed by atoms with van der Waals surface area (Å²) in [7, 11) is 0. The van der Waals surface area contributed by atoms with E-state index in [1.165, 1.54) is 0 Å². The molecule has 1 unspecified atom stereocenters. The summed E-state index contributed by atoms with van der Waals surface area (Å²) in [5.74, 6) is 0. The fourth-order valence-electron chi connectivity index (χ4n) is 2.39. The minimum Gasteiger partial charge on any atom is -0.305 e. The zero-order valence-corrected chi connectivity index (χ0v) is 14.8. The van der Waals surface area contributed by atoms with Gasteiger partial charge in [-0.2, -0.15) is 5.10 Å². The van der Waals surface area contributed by atoms with E-state index in [1.807, 2.05) is 18.3 Å². The van der Waals surface area contributed by atoms with Crippen LogP contribution in [0.3, 0.4) is 0 Å². The van der Waals surface area contributed by atoms with Crippen molar-refractivity contribution in [2.24, 2.45) is 0 Å². The van der Waals surface area contributed by atoms with Gasteiger partial charge in [-0.1, -0.05) is 41.4 Å². The van der Waals surface area contributed by atoms with E-state index in [0.29, 0.717) is 0 Å². The van der Waals surface area contributed by atoms with Gasteiger partial charge in [-0.3, -0.25) is 4.68 Å². The first-order chi connectivity index (χ1) is 10.2. The van der Waals surface area contributed by atoms with Gasteiger partial charge in [-0.25, -0.2) is 0 Å². The maximum absolute atomic E-state index is 6.43. The van der Waals surface area contributed by atoms with E-state index >= 15 is 0 Å². The maximum atomic E-state index is 6.43. The number of rotatable bonds is 7. The van der Waals surface area contributed by atoms with Gasteiger partial charge in [0.05, 0.1) is 11.7 Å².